The quantitative estimate of drug-likeness (QED) is 0.750. The summed E-state index contributed by atoms with van der Waals surface area (Å²) in [5, 5.41) is 8.71. The smallest absolute Gasteiger partial charge is 0.180 e. The van der Waals surface area contributed by atoms with Crippen LogP contribution in [0.4, 0.5) is 8.78 Å². The molecule has 3 atom stereocenters. The maximum Gasteiger partial charge on any atom is 0.180 e. The van der Waals surface area contributed by atoms with Crippen LogP contribution >= 0.6 is 0 Å². The molecule has 27 heavy (non-hydrogen) atoms. The second kappa shape index (κ2) is 6.31. The van der Waals surface area contributed by atoms with Gasteiger partial charge in [0.05, 0.1) is 11.9 Å². The van der Waals surface area contributed by atoms with Crippen LogP contribution in [0.25, 0.3) is 5.65 Å². The van der Waals surface area contributed by atoms with Gasteiger partial charge in [0.15, 0.2) is 5.65 Å². The molecule has 2 unspecified atom stereocenters. The molecule has 2 aromatic heterocycles. The minimum Gasteiger partial charge on any atom is -0.327 e. The zero-order valence-electron chi connectivity index (χ0n) is 14.7. The molecular weight excluding hydrogens is 350 g/mol. The normalized spacial score (nSPS) is 25.8. The molecule has 1 aliphatic carbocycles. The number of aromatic nitrogens is 4. The van der Waals surface area contributed by atoms with Gasteiger partial charge in [-0.1, -0.05) is 0 Å². The molecule has 1 fully saturated rings. The number of benzene rings is 1. The van der Waals surface area contributed by atoms with Crippen LogP contribution in [0.2, 0.25) is 0 Å². The van der Waals surface area contributed by atoms with Gasteiger partial charge in [-0.2, -0.15) is 10.2 Å². The Labute approximate surface area is 155 Å². The van der Waals surface area contributed by atoms with Crippen LogP contribution < -0.4 is 5.73 Å². The van der Waals surface area contributed by atoms with Gasteiger partial charge in [-0.05, 0) is 43.0 Å². The molecule has 0 spiro atoms. The number of hydrogen-bond donors (Lipinski definition) is 1. The molecule has 5 rings (SSSR count). The largest absolute Gasteiger partial charge is 0.327 e. The van der Waals surface area contributed by atoms with Gasteiger partial charge in [-0.25, -0.2) is 13.8 Å². The summed E-state index contributed by atoms with van der Waals surface area (Å²) in [5.74, 6) is -0.936. The Kier molecular flexibility index (Phi) is 3.91. The van der Waals surface area contributed by atoms with E-state index in [2.05, 4.69) is 20.1 Å². The van der Waals surface area contributed by atoms with Crippen molar-refractivity contribution in [1.29, 1.82) is 0 Å². The first-order valence-electron chi connectivity index (χ1n) is 9.22. The summed E-state index contributed by atoms with van der Waals surface area (Å²) in [5.41, 5.74) is 9.73. The third-order valence-corrected chi connectivity index (χ3v) is 5.92. The first kappa shape index (κ1) is 16.7. The Hall–Kier alpha value is -2.45. The highest BCUT2D eigenvalue weighted by Crippen LogP contribution is 2.38. The summed E-state index contributed by atoms with van der Waals surface area (Å²) in [6.07, 6.45) is 5.69. The van der Waals surface area contributed by atoms with Crippen molar-refractivity contribution < 1.29 is 8.78 Å². The van der Waals surface area contributed by atoms with Crippen LogP contribution in [-0.2, 0) is 13.1 Å². The van der Waals surface area contributed by atoms with Crippen molar-refractivity contribution in [2.75, 3.05) is 0 Å². The molecular formula is C19H20F2N6. The highest BCUT2D eigenvalue weighted by molar-refractivity contribution is 5.50. The van der Waals surface area contributed by atoms with Crippen LogP contribution in [-0.4, -0.2) is 36.8 Å². The van der Waals surface area contributed by atoms with Crippen LogP contribution in [0.15, 0.2) is 30.6 Å². The molecule has 0 bridgehead atoms. The van der Waals surface area contributed by atoms with Gasteiger partial charge >= 0.3 is 0 Å². The van der Waals surface area contributed by atoms with Gasteiger partial charge in [-0.15, -0.1) is 4.63 Å². The van der Waals surface area contributed by atoms with E-state index < -0.39 is 5.82 Å². The number of halogens is 2. The first-order valence-corrected chi connectivity index (χ1v) is 9.22. The van der Waals surface area contributed by atoms with Gasteiger partial charge in [-0.3, -0.25) is 4.90 Å². The summed E-state index contributed by atoms with van der Waals surface area (Å²) >= 11 is 0. The van der Waals surface area contributed by atoms with E-state index in [-0.39, 0.29) is 17.8 Å². The molecule has 8 heteroatoms. The molecule has 0 amide bonds. The summed E-state index contributed by atoms with van der Waals surface area (Å²) in [6.45, 7) is 1.52. The Morgan fingerprint density at radius 3 is 2.85 bits per heavy atom. The van der Waals surface area contributed by atoms with E-state index >= 15 is 0 Å². The van der Waals surface area contributed by atoms with Crippen LogP contribution in [0.1, 0.15) is 42.0 Å². The molecule has 3 heterocycles. The van der Waals surface area contributed by atoms with Crippen molar-refractivity contribution in [2.45, 2.75) is 50.4 Å². The van der Waals surface area contributed by atoms with Gasteiger partial charge in [0.1, 0.15) is 11.6 Å². The monoisotopic (exact) mass is 370 g/mol. The summed E-state index contributed by atoms with van der Waals surface area (Å²) in [6, 6.07) is 3.73. The Balaban J connectivity index is 1.32. The minimum atomic E-state index is -0.417. The van der Waals surface area contributed by atoms with Crippen molar-refractivity contribution in [1.82, 2.24) is 24.7 Å². The van der Waals surface area contributed by atoms with E-state index in [0.29, 0.717) is 11.6 Å². The molecule has 1 aromatic carbocycles. The van der Waals surface area contributed by atoms with Crippen LogP contribution in [0.3, 0.4) is 0 Å². The van der Waals surface area contributed by atoms with Crippen molar-refractivity contribution in [3.8, 4) is 0 Å². The highest BCUT2D eigenvalue weighted by Gasteiger charge is 2.37. The second-order valence-corrected chi connectivity index (χ2v) is 7.49. The molecule has 1 aliphatic heterocycles. The third kappa shape index (κ3) is 2.80. The molecule has 6 nitrogen and oxygen atoms in total. The average Bonchev–Trinajstić information content (AvgIpc) is 3.22. The molecule has 3 aromatic rings. The first-order chi connectivity index (χ1) is 13.1. The fraction of sp³-hybridized carbons (Fsp3) is 0.421. The lowest BCUT2D eigenvalue weighted by Gasteiger charge is -2.38. The van der Waals surface area contributed by atoms with Gasteiger partial charge in [0.25, 0.3) is 0 Å². The third-order valence-electron chi connectivity index (χ3n) is 5.92. The standard InChI is InChI=1S/C19H20F2N6/c20-11-1-4-16(21)14(7-11)13-3-2-12(8-17(13)22)26-9-15-18(10-26)25-27-19(15)23-5-6-24-27/h1,4-7,12-13,17H,2-3,8-10,22H2/t12?,13-,17?/m1/s1. The van der Waals surface area contributed by atoms with Crippen LogP contribution in [0, 0.1) is 11.6 Å². The number of nitrogens with two attached hydrogens (primary N) is 1. The summed E-state index contributed by atoms with van der Waals surface area (Å²) in [7, 11) is 0. The van der Waals surface area contributed by atoms with Crippen molar-refractivity contribution in [3.05, 3.63) is 59.0 Å². The second-order valence-electron chi connectivity index (χ2n) is 7.49. The van der Waals surface area contributed by atoms with E-state index in [1.54, 1.807) is 17.0 Å². The molecule has 2 aliphatic rings. The van der Waals surface area contributed by atoms with Crippen LogP contribution in [0.5, 0.6) is 0 Å². The lowest BCUT2D eigenvalue weighted by atomic mass is 9.77. The number of nitrogens with zero attached hydrogens (tertiary/aromatic N) is 5. The minimum absolute atomic E-state index is 0.147. The van der Waals surface area contributed by atoms with Crippen molar-refractivity contribution in [2.24, 2.45) is 5.73 Å². The topological polar surface area (TPSA) is 72.3 Å². The molecule has 0 saturated heterocycles. The fourth-order valence-corrected chi connectivity index (χ4v) is 4.58. The fourth-order valence-electron chi connectivity index (χ4n) is 4.58. The number of hydrogen-bond acceptors (Lipinski definition) is 5. The van der Waals surface area contributed by atoms with Crippen molar-refractivity contribution >= 4 is 5.65 Å². The SMILES string of the molecule is NC1CC(N2Cc3nn4nccnc4c3C2)CC[C@@H]1c1cc(F)ccc1F. The molecule has 2 N–H and O–H groups in total. The Morgan fingerprint density at radius 1 is 1.11 bits per heavy atom. The highest BCUT2D eigenvalue weighted by atomic mass is 19.1. The molecule has 0 radical (unpaired) electrons. The van der Waals surface area contributed by atoms with Gasteiger partial charge in [0, 0.05) is 42.9 Å². The maximum absolute atomic E-state index is 14.2. The molecule has 140 valence electrons. The average molecular weight is 370 g/mol. The predicted molar refractivity (Wildman–Crippen MR) is 94.7 cm³/mol. The van der Waals surface area contributed by atoms with E-state index in [1.165, 1.54) is 12.1 Å². The van der Waals surface area contributed by atoms with Gasteiger partial charge < -0.3 is 5.73 Å². The van der Waals surface area contributed by atoms with E-state index in [9.17, 15) is 8.78 Å². The summed E-state index contributed by atoms with van der Waals surface area (Å²) < 4.78 is 29.3. The van der Waals surface area contributed by atoms with E-state index in [4.69, 9.17) is 5.73 Å². The lowest BCUT2D eigenvalue weighted by molar-refractivity contribution is 0.136. The van der Waals surface area contributed by atoms with E-state index in [0.717, 1.165) is 55.3 Å². The zero-order valence-corrected chi connectivity index (χ0v) is 14.7. The molecule has 1 saturated carbocycles. The number of rotatable bonds is 2. The van der Waals surface area contributed by atoms with Gasteiger partial charge in [0.2, 0.25) is 0 Å². The Morgan fingerprint density at radius 2 is 2.00 bits per heavy atom. The summed E-state index contributed by atoms with van der Waals surface area (Å²) in [4.78, 5) is 6.75. The van der Waals surface area contributed by atoms with E-state index in [1.807, 2.05) is 0 Å². The van der Waals surface area contributed by atoms with Crippen molar-refractivity contribution in [3.63, 3.8) is 0 Å². The lowest BCUT2D eigenvalue weighted by Crippen LogP contribution is -2.44. The maximum atomic E-state index is 14.2. The number of fused-ring (bicyclic) bond motifs is 3. The Bertz CT molecular complexity index is 1000. The predicted octanol–water partition coefficient (Wildman–Crippen LogP) is 2.38. The zero-order chi connectivity index (χ0) is 18.5.